The van der Waals surface area contributed by atoms with E-state index in [-0.39, 0.29) is 42.1 Å². The minimum atomic E-state index is -4.46. The van der Waals surface area contributed by atoms with Gasteiger partial charge in [-0.3, -0.25) is 19.2 Å². The van der Waals surface area contributed by atoms with Crippen LogP contribution in [0.1, 0.15) is 67.2 Å². The minimum Gasteiger partial charge on any atom is -0.481 e. The molecule has 13 nitrogen and oxygen atoms in total. The third kappa shape index (κ3) is 10.2. The van der Waals surface area contributed by atoms with Gasteiger partial charge in [-0.2, -0.15) is 0 Å². The monoisotopic (exact) mass is 578 g/mol. The Labute approximate surface area is 232 Å². The first kappa shape index (κ1) is 32.0. The molecule has 0 bridgehead atoms. The van der Waals surface area contributed by atoms with Crippen molar-refractivity contribution in [1.82, 2.24) is 19.9 Å². The van der Waals surface area contributed by atoms with E-state index >= 15 is 0 Å². The van der Waals surface area contributed by atoms with Crippen LogP contribution < -0.4 is 21.5 Å². The Balaban J connectivity index is 2.05. The number of alkyl carbamates (subject to hydrolysis) is 1. The standard InChI is InChI=1S/C26H34N4O9S/c1-26(2,3)39-25(36)29-15-14-28-23(34)18-8-7-9-20(16-18)40(37,38)30-17-19(11-12-21(30)31)24(35)27-13-6-4-5-10-22(32)33/h7-9,11-12,16-17H,4-6,10,13-15H2,1-3H3,(H,27,35)(H,28,34)(H,29,36)(H,32,33). The highest BCUT2D eigenvalue weighted by Crippen LogP contribution is 2.15. The van der Waals surface area contributed by atoms with Gasteiger partial charge in [0.05, 0.1) is 10.5 Å². The third-order valence-electron chi connectivity index (χ3n) is 5.23. The van der Waals surface area contributed by atoms with Crippen LogP contribution in [0.15, 0.2) is 52.3 Å². The summed E-state index contributed by atoms with van der Waals surface area (Å²) in [4.78, 5) is 59.3. The van der Waals surface area contributed by atoms with Crippen LogP contribution in [0.5, 0.6) is 0 Å². The minimum absolute atomic E-state index is 0.00295. The molecular weight excluding hydrogens is 544 g/mol. The van der Waals surface area contributed by atoms with Crippen molar-refractivity contribution < 1.29 is 37.4 Å². The molecule has 0 saturated carbocycles. The van der Waals surface area contributed by atoms with Crippen molar-refractivity contribution in [2.45, 2.75) is 57.0 Å². The fraction of sp³-hybridized carbons (Fsp3) is 0.423. The maximum atomic E-state index is 13.2. The molecule has 2 aromatic rings. The van der Waals surface area contributed by atoms with Crippen molar-refractivity contribution in [2.75, 3.05) is 19.6 Å². The Morgan fingerprint density at radius 3 is 2.20 bits per heavy atom. The number of unbranched alkanes of at least 4 members (excludes halogenated alkanes) is 2. The number of nitrogens with one attached hydrogen (secondary N) is 3. The molecule has 40 heavy (non-hydrogen) atoms. The molecule has 4 N–H and O–H groups in total. The van der Waals surface area contributed by atoms with Crippen LogP contribution in [0.25, 0.3) is 0 Å². The van der Waals surface area contributed by atoms with Gasteiger partial charge in [-0.25, -0.2) is 17.2 Å². The normalized spacial score (nSPS) is 11.4. The van der Waals surface area contributed by atoms with E-state index in [1.165, 1.54) is 24.3 Å². The van der Waals surface area contributed by atoms with Crippen molar-refractivity contribution in [1.29, 1.82) is 0 Å². The maximum absolute atomic E-state index is 13.2. The number of carbonyl (C=O) groups excluding carboxylic acids is 3. The number of amides is 3. The van der Waals surface area contributed by atoms with Crippen molar-refractivity contribution in [3.8, 4) is 0 Å². The molecule has 3 amide bonds. The van der Waals surface area contributed by atoms with Gasteiger partial charge in [0.2, 0.25) is 0 Å². The van der Waals surface area contributed by atoms with Crippen LogP contribution in [0, 0.1) is 0 Å². The molecule has 0 atom stereocenters. The van der Waals surface area contributed by atoms with E-state index in [1.807, 2.05) is 0 Å². The van der Waals surface area contributed by atoms with E-state index in [1.54, 1.807) is 20.8 Å². The van der Waals surface area contributed by atoms with Gasteiger partial charge in [-0.15, -0.1) is 0 Å². The van der Waals surface area contributed by atoms with E-state index in [0.29, 0.717) is 23.2 Å². The zero-order valence-electron chi connectivity index (χ0n) is 22.6. The molecule has 0 saturated heterocycles. The summed E-state index contributed by atoms with van der Waals surface area (Å²) in [6, 6.07) is 7.19. The zero-order chi connectivity index (χ0) is 29.9. The summed E-state index contributed by atoms with van der Waals surface area (Å²) in [5.41, 5.74) is -1.63. The summed E-state index contributed by atoms with van der Waals surface area (Å²) >= 11 is 0. The molecule has 1 aromatic carbocycles. The zero-order valence-corrected chi connectivity index (χ0v) is 23.4. The van der Waals surface area contributed by atoms with Crippen LogP contribution in [0.2, 0.25) is 0 Å². The number of hydrogen-bond acceptors (Lipinski definition) is 8. The summed E-state index contributed by atoms with van der Waals surface area (Å²) < 4.78 is 32.0. The Hall–Kier alpha value is -4.20. The highest BCUT2D eigenvalue weighted by molar-refractivity contribution is 7.90. The molecule has 1 heterocycles. The van der Waals surface area contributed by atoms with Gasteiger partial charge in [0.25, 0.3) is 27.4 Å². The number of carbonyl (C=O) groups is 4. The number of benzene rings is 1. The fourth-order valence-electron chi connectivity index (χ4n) is 3.34. The molecule has 1 aromatic heterocycles. The van der Waals surface area contributed by atoms with Gasteiger partial charge in [-0.1, -0.05) is 12.5 Å². The van der Waals surface area contributed by atoms with Crippen molar-refractivity contribution in [2.24, 2.45) is 0 Å². The van der Waals surface area contributed by atoms with Gasteiger partial charge in [0.15, 0.2) is 0 Å². The molecule has 0 aliphatic carbocycles. The second-order valence-electron chi connectivity index (χ2n) is 9.73. The molecule has 0 unspecified atom stereocenters. The summed E-state index contributed by atoms with van der Waals surface area (Å²) in [6.07, 6.45) is 1.88. The second-order valence-corrected chi connectivity index (χ2v) is 11.5. The number of carboxylic acid groups (broad SMARTS) is 1. The summed E-state index contributed by atoms with van der Waals surface area (Å²) in [5.74, 6) is -2.10. The summed E-state index contributed by atoms with van der Waals surface area (Å²) in [5, 5.41) is 16.3. The Morgan fingerprint density at radius 2 is 1.52 bits per heavy atom. The van der Waals surface area contributed by atoms with Crippen LogP contribution in [0.4, 0.5) is 4.79 Å². The number of pyridine rings is 1. The maximum Gasteiger partial charge on any atom is 0.407 e. The van der Waals surface area contributed by atoms with E-state index in [0.717, 1.165) is 18.3 Å². The van der Waals surface area contributed by atoms with E-state index in [2.05, 4.69) is 16.0 Å². The summed E-state index contributed by atoms with van der Waals surface area (Å²) in [6.45, 7) is 5.50. The average Bonchev–Trinajstić information content (AvgIpc) is 2.87. The van der Waals surface area contributed by atoms with Crippen LogP contribution >= 0.6 is 0 Å². The largest absolute Gasteiger partial charge is 0.481 e. The Kier molecular flexibility index (Phi) is 11.4. The molecule has 14 heteroatoms. The number of rotatable bonds is 13. The van der Waals surface area contributed by atoms with Crippen molar-refractivity contribution in [3.05, 3.63) is 64.1 Å². The van der Waals surface area contributed by atoms with Gasteiger partial charge in [-0.05, 0) is 57.9 Å². The molecule has 2 rings (SSSR count). The topological polar surface area (TPSA) is 190 Å². The number of aliphatic carboxylic acids is 1. The highest BCUT2D eigenvalue weighted by Gasteiger charge is 2.22. The SMILES string of the molecule is CC(C)(C)OC(=O)NCCNC(=O)c1cccc(S(=O)(=O)n2cc(C(=O)NCCCCCC(=O)O)ccc2=O)c1. The number of hydrogen-bond donors (Lipinski definition) is 4. The van der Waals surface area contributed by atoms with Crippen molar-refractivity contribution in [3.63, 3.8) is 0 Å². The first-order valence-corrected chi connectivity index (χ1v) is 14.0. The van der Waals surface area contributed by atoms with E-state index in [9.17, 15) is 32.4 Å². The van der Waals surface area contributed by atoms with E-state index in [4.69, 9.17) is 9.84 Å². The number of aromatic nitrogens is 1. The molecule has 0 spiro atoms. The van der Waals surface area contributed by atoms with Gasteiger partial charge < -0.3 is 25.8 Å². The first-order chi connectivity index (χ1) is 18.7. The van der Waals surface area contributed by atoms with Crippen LogP contribution in [-0.4, -0.2) is 66.6 Å². The Bertz CT molecular complexity index is 1400. The van der Waals surface area contributed by atoms with Gasteiger partial charge in [0, 0.05) is 43.9 Å². The third-order valence-corrected chi connectivity index (χ3v) is 6.88. The number of ether oxygens (including phenoxy) is 1. The van der Waals surface area contributed by atoms with Crippen LogP contribution in [0.3, 0.4) is 0 Å². The highest BCUT2D eigenvalue weighted by atomic mass is 32.2. The molecule has 0 radical (unpaired) electrons. The Morgan fingerprint density at radius 1 is 0.875 bits per heavy atom. The first-order valence-electron chi connectivity index (χ1n) is 12.5. The van der Waals surface area contributed by atoms with E-state index < -0.39 is 45.1 Å². The fourth-order valence-corrected chi connectivity index (χ4v) is 4.64. The lowest BCUT2D eigenvalue weighted by Gasteiger charge is -2.19. The lowest BCUT2D eigenvalue weighted by atomic mass is 10.2. The molecule has 0 fully saturated rings. The predicted molar refractivity (Wildman–Crippen MR) is 145 cm³/mol. The lowest BCUT2D eigenvalue weighted by molar-refractivity contribution is -0.137. The molecule has 0 aliphatic rings. The number of nitrogens with zero attached hydrogens (tertiary/aromatic N) is 1. The predicted octanol–water partition coefficient (Wildman–Crippen LogP) is 1.71. The lowest BCUT2D eigenvalue weighted by Crippen LogP contribution is -2.37. The number of carboxylic acids is 1. The van der Waals surface area contributed by atoms with Gasteiger partial charge in [0.1, 0.15) is 5.60 Å². The molecule has 218 valence electrons. The smallest absolute Gasteiger partial charge is 0.407 e. The van der Waals surface area contributed by atoms with Gasteiger partial charge >= 0.3 is 12.1 Å². The molecule has 0 aliphatic heterocycles. The molecular formula is C26H34N4O9S. The average molecular weight is 579 g/mol. The summed E-state index contributed by atoms with van der Waals surface area (Å²) in [7, 11) is -4.46. The van der Waals surface area contributed by atoms with Crippen LogP contribution in [-0.2, 0) is 19.6 Å². The second kappa shape index (κ2) is 14.3. The quantitative estimate of drug-likeness (QED) is 0.256. The van der Waals surface area contributed by atoms with Crippen molar-refractivity contribution >= 4 is 33.9 Å².